The second kappa shape index (κ2) is 9.30. The molecule has 0 aliphatic heterocycles. The fourth-order valence-corrected chi connectivity index (χ4v) is 4.21. The van der Waals surface area contributed by atoms with Gasteiger partial charge in [-0.15, -0.1) is 0 Å². The molecule has 3 heterocycles. The number of nitrogens with zero attached hydrogens (tertiary/aromatic N) is 5. The van der Waals surface area contributed by atoms with E-state index in [4.69, 9.17) is 0 Å². The van der Waals surface area contributed by atoms with Gasteiger partial charge < -0.3 is 15.6 Å². The van der Waals surface area contributed by atoms with Gasteiger partial charge in [0.1, 0.15) is 22.3 Å². The second-order valence-electron chi connectivity index (χ2n) is 8.62. The molecule has 1 aromatic carbocycles. The number of nitrogens with one attached hydrogen (secondary N) is 3. The van der Waals surface area contributed by atoms with Crippen LogP contribution in [0.15, 0.2) is 36.7 Å². The Balaban J connectivity index is 1.58. The Labute approximate surface area is 207 Å². The molecule has 1 aliphatic carbocycles. The molecule has 10 nitrogen and oxygen atoms in total. The molecule has 0 saturated heterocycles. The molecule has 0 radical (unpaired) electrons. The van der Waals surface area contributed by atoms with Gasteiger partial charge in [-0.1, -0.05) is 6.07 Å². The van der Waals surface area contributed by atoms with Gasteiger partial charge in [-0.3, -0.25) is 13.8 Å². The van der Waals surface area contributed by atoms with E-state index in [2.05, 4.69) is 30.7 Å². The van der Waals surface area contributed by atoms with Gasteiger partial charge in [0.2, 0.25) is 5.91 Å². The minimum Gasteiger partial charge on any atom is -0.352 e. The summed E-state index contributed by atoms with van der Waals surface area (Å²) in [4.78, 5) is 23.1. The Morgan fingerprint density at radius 3 is 2.64 bits per heavy atom. The monoisotopic (exact) mass is 514 g/mol. The van der Waals surface area contributed by atoms with Crippen LogP contribution in [-0.4, -0.2) is 48.2 Å². The van der Waals surface area contributed by atoms with Crippen LogP contribution < -0.4 is 14.9 Å². The molecule has 36 heavy (non-hydrogen) atoms. The Bertz CT molecular complexity index is 1480. The number of amides is 1. The van der Waals surface area contributed by atoms with Crippen molar-refractivity contribution in [1.82, 2.24) is 24.7 Å². The van der Waals surface area contributed by atoms with Crippen LogP contribution in [0.5, 0.6) is 0 Å². The normalized spacial score (nSPS) is 14.3. The number of pyridine rings is 1. The summed E-state index contributed by atoms with van der Waals surface area (Å²) >= 11 is 0. The lowest BCUT2D eigenvalue weighted by Gasteiger charge is -2.21. The summed E-state index contributed by atoms with van der Waals surface area (Å²) in [5.74, 6) is -0.546. The summed E-state index contributed by atoms with van der Waals surface area (Å²) < 4.78 is 42.4. The number of hydrogen-bond donors (Lipinski definition) is 3. The molecule has 1 unspecified atom stereocenters. The average Bonchev–Trinajstić information content (AvgIpc) is 3.46. The van der Waals surface area contributed by atoms with Crippen LogP contribution >= 0.6 is 0 Å². The highest BCUT2D eigenvalue weighted by molar-refractivity contribution is 7.85. The van der Waals surface area contributed by atoms with Gasteiger partial charge in [-0.05, 0) is 30.5 Å². The Morgan fingerprint density at radius 1 is 1.22 bits per heavy atom. The van der Waals surface area contributed by atoms with Gasteiger partial charge in [-0.2, -0.15) is 5.10 Å². The first kappa shape index (κ1) is 23.9. The predicted molar refractivity (Wildman–Crippen MR) is 135 cm³/mol. The molecule has 1 saturated carbocycles. The van der Waals surface area contributed by atoms with Crippen LogP contribution in [0.25, 0.3) is 22.3 Å². The number of anilines is 4. The minimum atomic E-state index is -2.82. The number of carbonyl (C=O) groups is 1. The van der Waals surface area contributed by atoms with E-state index in [-0.39, 0.29) is 28.8 Å². The number of imidazole rings is 1. The van der Waals surface area contributed by atoms with Crippen LogP contribution in [0, 0.1) is 5.92 Å². The first-order chi connectivity index (χ1) is 17.2. The molecular formula is C23H24F2N8O2S. The van der Waals surface area contributed by atoms with Crippen molar-refractivity contribution in [3.8, 4) is 11.1 Å². The summed E-state index contributed by atoms with van der Waals surface area (Å²) in [6.07, 6.45) is 3.95. The highest BCUT2D eigenvalue weighted by Gasteiger charge is 2.30. The molecule has 188 valence electrons. The van der Waals surface area contributed by atoms with E-state index in [1.165, 1.54) is 0 Å². The maximum Gasteiger partial charge on any atom is 0.295 e. The number of benzene rings is 1. The standard InChI is InChI=1S/C23H24F2N8O2S/c1-32-11-14(10-26-32)13-6-7-15(17(8-13)33(2)36(3)35)27-16-9-18(29-23(34)12-4-5-12)28-21-19(16)30-22(31-21)20(24)25/h6-12,20H,4-5H2,1-3H3,(H3,27,28,29,30,31,34). The molecule has 1 amide bonds. The molecule has 0 spiro atoms. The number of halogens is 2. The SMILES string of the molecule is CN(c1cc(-c2cnn(C)c2)ccc1Nc1cc(NC(=O)C2CC2)nc2nc(C(F)F)[nH]c12)S(C)=O. The van der Waals surface area contributed by atoms with Gasteiger partial charge in [0.05, 0.1) is 23.3 Å². The first-order valence-electron chi connectivity index (χ1n) is 11.2. The summed E-state index contributed by atoms with van der Waals surface area (Å²) in [5, 5.41) is 10.2. The van der Waals surface area contributed by atoms with Crippen molar-refractivity contribution in [2.24, 2.45) is 13.0 Å². The number of aromatic amines is 1. The average molecular weight is 515 g/mol. The lowest BCUT2D eigenvalue weighted by molar-refractivity contribution is -0.117. The Kier molecular flexibility index (Phi) is 6.16. The second-order valence-corrected chi connectivity index (χ2v) is 10.0. The maximum atomic E-state index is 13.4. The van der Waals surface area contributed by atoms with E-state index < -0.39 is 23.2 Å². The molecule has 13 heteroatoms. The number of rotatable bonds is 8. The summed E-state index contributed by atoms with van der Waals surface area (Å²) in [7, 11) is 2.17. The van der Waals surface area contributed by atoms with Crippen LogP contribution in [0.3, 0.4) is 0 Å². The van der Waals surface area contributed by atoms with Gasteiger partial charge in [0, 0.05) is 44.1 Å². The number of hydrogen-bond acceptors (Lipinski definition) is 6. The third-order valence-corrected chi connectivity index (χ3v) is 6.88. The molecule has 0 bridgehead atoms. The third kappa shape index (κ3) is 4.78. The topological polar surface area (TPSA) is 121 Å². The largest absolute Gasteiger partial charge is 0.352 e. The van der Waals surface area contributed by atoms with Crippen molar-refractivity contribution in [3.63, 3.8) is 0 Å². The summed E-state index contributed by atoms with van der Waals surface area (Å²) in [6.45, 7) is 0. The zero-order chi connectivity index (χ0) is 25.6. The van der Waals surface area contributed by atoms with E-state index in [1.54, 1.807) is 40.6 Å². The Hall–Kier alpha value is -3.87. The van der Waals surface area contributed by atoms with Crippen LogP contribution in [0.1, 0.15) is 25.1 Å². The molecule has 3 N–H and O–H groups in total. The number of H-pyrrole nitrogens is 1. The molecule has 1 atom stereocenters. The number of carbonyl (C=O) groups excluding carboxylic acids is 1. The van der Waals surface area contributed by atoms with E-state index in [9.17, 15) is 17.8 Å². The van der Waals surface area contributed by atoms with E-state index in [0.29, 0.717) is 17.1 Å². The first-order valence-corrected chi connectivity index (χ1v) is 12.7. The van der Waals surface area contributed by atoms with Gasteiger partial charge >= 0.3 is 0 Å². The van der Waals surface area contributed by atoms with Crippen molar-refractivity contribution in [2.45, 2.75) is 19.3 Å². The van der Waals surface area contributed by atoms with Crippen molar-refractivity contribution in [1.29, 1.82) is 0 Å². The van der Waals surface area contributed by atoms with Crippen LogP contribution in [0.4, 0.5) is 31.7 Å². The maximum absolute atomic E-state index is 13.4. The number of alkyl halides is 2. The van der Waals surface area contributed by atoms with Crippen molar-refractivity contribution < 1.29 is 17.8 Å². The summed E-state index contributed by atoms with van der Waals surface area (Å²) in [5.41, 5.74) is 3.61. The Morgan fingerprint density at radius 2 is 2.00 bits per heavy atom. The fourth-order valence-electron chi connectivity index (χ4n) is 3.78. The molecule has 3 aromatic heterocycles. The molecular weight excluding hydrogens is 490 g/mol. The summed E-state index contributed by atoms with van der Waals surface area (Å²) in [6, 6.07) is 7.12. The quantitative estimate of drug-likeness (QED) is 0.325. The van der Waals surface area contributed by atoms with Gasteiger partial charge in [-0.25, -0.2) is 23.0 Å². The highest BCUT2D eigenvalue weighted by Crippen LogP contribution is 2.37. The third-order valence-electron chi connectivity index (χ3n) is 5.92. The zero-order valence-corrected chi connectivity index (χ0v) is 20.6. The number of fused-ring (bicyclic) bond motifs is 1. The lowest BCUT2D eigenvalue weighted by atomic mass is 10.1. The van der Waals surface area contributed by atoms with E-state index >= 15 is 0 Å². The van der Waals surface area contributed by atoms with E-state index in [0.717, 1.165) is 24.0 Å². The molecule has 5 rings (SSSR count). The van der Waals surface area contributed by atoms with Crippen LogP contribution in [0.2, 0.25) is 0 Å². The van der Waals surface area contributed by atoms with E-state index in [1.807, 2.05) is 25.4 Å². The molecule has 1 fully saturated rings. The van der Waals surface area contributed by atoms with Gasteiger partial charge in [0.15, 0.2) is 11.5 Å². The van der Waals surface area contributed by atoms with Crippen LogP contribution in [-0.2, 0) is 22.8 Å². The minimum absolute atomic E-state index is 0.0438. The van der Waals surface area contributed by atoms with Crippen molar-refractivity contribution in [3.05, 3.63) is 42.5 Å². The number of aryl methyl sites for hydroxylation is 1. The molecule has 4 aromatic rings. The van der Waals surface area contributed by atoms with Crippen molar-refractivity contribution in [2.75, 3.05) is 28.2 Å². The predicted octanol–water partition coefficient (Wildman–Crippen LogP) is 4.12. The highest BCUT2D eigenvalue weighted by atomic mass is 32.2. The van der Waals surface area contributed by atoms with Gasteiger partial charge in [0.25, 0.3) is 6.43 Å². The van der Waals surface area contributed by atoms with Crippen molar-refractivity contribution >= 4 is 50.9 Å². The fraction of sp³-hybridized carbons (Fsp3) is 0.304. The lowest BCUT2D eigenvalue weighted by Crippen LogP contribution is -2.20. The number of aromatic nitrogens is 5. The zero-order valence-electron chi connectivity index (χ0n) is 19.7. The smallest absolute Gasteiger partial charge is 0.295 e. The molecule has 1 aliphatic rings.